The Morgan fingerprint density at radius 1 is 0.883 bits per heavy atom. The summed E-state index contributed by atoms with van der Waals surface area (Å²) >= 11 is 0. The number of fused-ring (bicyclic) bond motifs is 1. The van der Waals surface area contributed by atoms with Gasteiger partial charge in [0.25, 0.3) is 0 Å². The van der Waals surface area contributed by atoms with Gasteiger partial charge in [-0.2, -0.15) is 4.31 Å². The largest absolute Gasteiger partial charge is 0.497 e. The monoisotopic (exact) mass is 866 g/mol. The lowest BCUT2D eigenvalue weighted by Gasteiger charge is -2.35. The molecule has 16 heteroatoms. The van der Waals surface area contributed by atoms with Crippen LogP contribution in [-0.4, -0.2) is 94.8 Å². The highest BCUT2D eigenvalue weighted by Crippen LogP contribution is 2.50. The van der Waals surface area contributed by atoms with Crippen LogP contribution in [0.5, 0.6) is 5.75 Å². The Morgan fingerprint density at radius 2 is 1.47 bits per heavy atom. The zero-order chi connectivity index (χ0) is 42.6. The van der Waals surface area contributed by atoms with Gasteiger partial charge in [0.15, 0.2) is 6.29 Å². The summed E-state index contributed by atoms with van der Waals surface area (Å²) in [5.74, 6) is 0.374. The fourth-order valence-corrected chi connectivity index (χ4v) is 9.94. The molecule has 0 radical (unpaired) electrons. The Kier molecular flexibility index (Phi) is 15.9. The Labute approximate surface area is 352 Å². The molecule has 0 spiro atoms. The highest BCUT2D eigenvalue weighted by atomic mass is 32.2. The maximum absolute atomic E-state index is 14.5. The van der Waals surface area contributed by atoms with Crippen molar-refractivity contribution in [2.75, 3.05) is 46.4 Å². The number of nitrogens with zero attached hydrogens (tertiary/aromatic N) is 1. The number of ether oxygens (including phenoxy) is 5. The molecule has 5 atom stereocenters. The van der Waals surface area contributed by atoms with Crippen molar-refractivity contribution in [1.29, 1.82) is 0 Å². The highest BCUT2D eigenvalue weighted by Gasteiger charge is 2.44. The molecule has 14 nitrogen and oxygen atoms in total. The van der Waals surface area contributed by atoms with Gasteiger partial charge in [0.2, 0.25) is 10.0 Å². The number of benzene rings is 4. The fourth-order valence-electron chi connectivity index (χ4n) is 7.06. The summed E-state index contributed by atoms with van der Waals surface area (Å²) in [4.78, 5) is 13.4. The smallest absolute Gasteiger partial charge is 0.407 e. The van der Waals surface area contributed by atoms with E-state index < -0.39 is 66.6 Å². The number of aliphatic hydroxyl groups is 1. The summed E-state index contributed by atoms with van der Waals surface area (Å²) in [5, 5.41) is 14.8. The van der Waals surface area contributed by atoms with E-state index in [1.165, 1.54) is 23.5 Å². The number of methoxy groups -OCH3 is 1. The number of hydrogen-bond donors (Lipinski definition) is 2. The number of carbonyl (C=O) groups excluding carboxylic acids is 1. The zero-order valence-corrected chi connectivity index (χ0v) is 35.9. The van der Waals surface area contributed by atoms with Crippen LogP contribution in [0.25, 0.3) is 0 Å². The van der Waals surface area contributed by atoms with Gasteiger partial charge < -0.3 is 43.2 Å². The molecule has 2 aliphatic rings. The van der Waals surface area contributed by atoms with Crippen LogP contribution in [0.15, 0.2) is 120 Å². The molecule has 1 amide bonds. The van der Waals surface area contributed by atoms with E-state index in [4.69, 9.17) is 32.7 Å². The Hall–Kier alpha value is -4.15. The average Bonchev–Trinajstić information content (AvgIpc) is 3.88. The SMILES string of the molecule is COc1ccc(S(=O)(=O)N(C[C@@H](O)[C@H](Cc2ccccc2)NC(=O)O[C@H]2CO[C@H]3OCC[C@H]32)CC(C)(C)COCP(=O)(OCc2ccccc2)OCc2ccccc2)cc1. The molecule has 2 heterocycles. The van der Waals surface area contributed by atoms with Crippen molar-refractivity contribution in [1.82, 2.24) is 9.62 Å². The molecule has 2 aliphatic heterocycles. The molecule has 2 saturated heterocycles. The number of amides is 1. The second-order valence-electron chi connectivity index (χ2n) is 15.7. The lowest BCUT2D eigenvalue weighted by Crippen LogP contribution is -2.52. The molecule has 0 aliphatic carbocycles. The number of aliphatic hydroxyl groups excluding tert-OH is 1. The van der Waals surface area contributed by atoms with Crippen molar-refractivity contribution in [3.63, 3.8) is 0 Å². The highest BCUT2D eigenvalue weighted by molar-refractivity contribution is 7.89. The molecular weight excluding hydrogens is 812 g/mol. The van der Waals surface area contributed by atoms with Crippen LogP contribution in [0.3, 0.4) is 0 Å². The number of rotatable bonds is 22. The van der Waals surface area contributed by atoms with E-state index in [9.17, 15) is 22.9 Å². The summed E-state index contributed by atoms with van der Waals surface area (Å²) in [5.41, 5.74) is 1.50. The van der Waals surface area contributed by atoms with Crippen molar-refractivity contribution in [3.05, 3.63) is 132 Å². The molecule has 4 aromatic carbocycles. The Balaban J connectivity index is 1.18. The lowest BCUT2D eigenvalue weighted by molar-refractivity contribution is -0.0907. The second-order valence-corrected chi connectivity index (χ2v) is 19.7. The molecule has 0 bridgehead atoms. The van der Waals surface area contributed by atoms with E-state index in [1.54, 1.807) is 26.0 Å². The molecular formula is C44H55N2O12PS. The number of sulfonamides is 1. The molecule has 6 rings (SSSR count). The van der Waals surface area contributed by atoms with Gasteiger partial charge >= 0.3 is 13.7 Å². The molecule has 60 heavy (non-hydrogen) atoms. The van der Waals surface area contributed by atoms with E-state index in [2.05, 4.69) is 5.32 Å². The van der Waals surface area contributed by atoms with Crippen molar-refractivity contribution in [3.8, 4) is 5.75 Å². The van der Waals surface area contributed by atoms with Crippen molar-refractivity contribution in [2.45, 2.75) is 69.3 Å². The van der Waals surface area contributed by atoms with Crippen LogP contribution in [-0.2, 0) is 62.2 Å². The molecule has 324 valence electrons. The van der Waals surface area contributed by atoms with Gasteiger partial charge in [-0.05, 0) is 53.8 Å². The number of nitrogens with one attached hydrogen (secondary N) is 1. The summed E-state index contributed by atoms with van der Waals surface area (Å²) in [6.45, 7) is 3.76. The third kappa shape index (κ3) is 12.9. The predicted molar refractivity (Wildman–Crippen MR) is 224 cm³/mol. The summed E-state index contributed by atoms with van der Waals surface area (Å²) in [6.07, 6.45) is -2.64. The Morgan fingerprint density at radius 3 is 2.05 bits per heavy atom. The van der Waals surface area contributed by atoms with Gasteiger partial charge in [0.1, 0.15) is 18.2 Å². The van der Waals surface area contributed by atoms with Gasteiger partial charge in [-0.3, -0.25) is 4.57 Å². The first-order valence-electron chi connectivity index (χ1n) is 19.9. The van der Waals surface area contributed by atoms with E-state index in [-0.39, 0.29) is 50.2 Å². The molecule has 0 saturated carbocycles. The first kappa shape index (κ1) is 45.4. The maximum Gasteiger partial charge on any atom is 0.407 e. The standard InChI is InChI=1S/C44H55N2O12PS/c1-44(2,31-53-32-59(49,56-27-34-15-9-5-10-16-34)57-28-35-17-11-6-12-18-35)30-46(60(50,51)37-21-19-36(52-3)20-22-37)26-40(47)39(25-33-13-7-4-8-14-33)45-43(48)58-41-29-55-42-38(41)23-24-54-42/h4-22,38-42,47H,23-32H2,1-3H3,(H,45,48)/t38-,39-,40+,41-,42+/m0/s1. The van der Waals surface area contributed by atoms with Gasteiger partial charge in [-0.15, -0.1) is 0 Å². The number of hydrogen-bond acceptors (Lipinski definition) is 12. The third-order valence-electron chi connectivity index (χ3n) is 10.3. The lowest BCUT2D eigenvalue weighted by atomic mass is 9.94. The van der Waals surface area contributed by atoms with Gasteiger partial charge in [-0.25, -0.2) is 13.2 Å². The minimum atomic E-state index is -4.27. The van der Waals surface area contributed by atoms with Crippen molar-refractivity contribution < 1.29 is 55.6 Å². The van der Waals surface area contributed by atoms with Crippen LogP contribution in [0, 0.1) is 11.3 Å². The van der Waals surface area contributed by atoms with Crippen LogP contribution in [0.4, 0.5) is 4.79 Å². The number of alkyl carbamates (subject to hydrolysis) is 1. The maximum atomic E-state index is 14.5. The van der Waals surface area contributed by atoms with Crippen molar-refractivity contribution in [2.24, 2.45) is 11.3 Å². The van der Waals surface area contributed by atoms with Crippen molar-refractivity contribution >= 4 is 23.7 Å². The van der Waals surface area contributed by atoms with Crippen LogP contribution in [0.1, 0.15) is 37.0 Å². The predicted octanol–water partition coefficient (Wildman–Crippen LogP) is 6.77. The minimum absolute atomic E-state index is 0.0260. The fraction of sp³-hybridized carbons (Fsp3) is 0.432. The topological polar surface area (TPSA) is 168 Å². The van der Waals surface area contributed by atoms with Crippen LogP contribution in [0.2, 0.25) is 0 Å². The van der Waals surface area contributed by atoms with Crippen LogP contribution < -0.4 is 10.1 Å². The van der Waals surface area contributed by atoms with Gasteiger partial charge in [0, 0.05) is 18.5 Å². The molecule has 2 N–H and O–H groups in total. The van der Waals surface area contributed by atoms with Crippen LogP contribution >= 0.6 is 7.60 Å². The van der Waals surface area contributed by atoms with E-state index >= 15 is 0 Å². The molecule has 0 unspecified atom stereocenters. The molecule has 2 fully saturated rings. The van der Waals surface area contributed by atoms with E-state index in [1.807, 2.05) is 91.0 Å². The van der Waals surface area contributed by atoms with Gasteiger partial charge in [0.05, 0.1) is 63.1 Å². The van der Waals surface area contributed by atoms with Gasteiger partial charge in [-0.1, -0.05) is 105 Å². The normalized spacial score (nSPS) is 19.1. The first-order chi connectivity index (χ1) is 28.8. The summed E-state index contributed by atoms with van der Waals surface area (Å²) in [6, 6.07) is 32.8. The Bertz CT molecular complexity index is 2050. The minimum Gasteiger partial charge on any atom is -0.497 e. The quantitative estimate of drug-likeness (QED) is 0.0797. The van der Waals surface area contributed by atoms with E-state index in [0.29, 0.717) is 18.8 Å². The summed E-state index contributed by atoms with van der Waals surface area (Å²) in [7, 11) is -6.61. The first-order valence-corrected chi connectivity index (χ1v) is 23.1. The zero-order valence-electron chi connectivity index (χ0n) is 34.2. The second kappa shape index (κ2) is 21.1. The molecule has 4 aromatic rings. The number of carbonyl (C=O) groups is 1. The third-order valence-corrected chi connectivity index (χ3v) is 13.7. The average molecular weight is 867 g/mol. The summed E-state index contributed by atoms with van der Waals surface area (Å²) < 4.78 is 84.3. The van der Waals surface area contributed by atoms with E-state index in [0.717, 1.165) is 16.7 Å². The molecule has 0 aromatic heterocycles.